The molecule has 3 aromatic rings. The zero-order chi connectivity index (χ0) is 21.8. The Kier molecular flexibility index (Phi) is 8.43. The third-order valence-electron chi connectivity index (χ3n) is 4.65. The first-order chi connectivity index (χ1) is 14.9. The fraction of sp³-hybridized carbons (Fsp3) is 0.286. The molecule has 1 aromatic heterocycles. The Bertz CT molecular complexity index is 1050. The number of carbonyl (C=O) groups excluding carboxylic acids is 1. The highest BCUT2D eigenvalue weighted by atomic mass is 35.5. The van der Waals surface area contributed by atoms with Crippen LogP contribution in [0.3, 0.4) is 0 Å². The number of anilines is 1. The van der Waals surface area contributed by atoms with Crippen LogP contribution in [0.2, 0.25) is 10.0 Å². The van der Waals surface area contributed by atoms with Gasteiger partial charge < -0.3 is 14.8 Å². The fourth-order valence-electron chi connectivity index (χ4n) is 3.31. The van der Waals surface area contributed by atoms with Crippen molar-refractivity contribution in [1.29, 1.82) is 0 Å². The van der Waals surface area contributed by atoms with Crippen LogP contribution in [0, 0.1) is 0 Å². The van der Waals surface area contributed by atoms with Crippen LogP contribution in [-0.4, -0.2) is 39.1 Å². The highest BCUT2D eigenvalue weighted by molar-refractivity contribution is 7.99. The van der Waals surface area contributed by atoms with Gasteiger partial charge in [-0.1, -0.05) is 29.3 Å². The topological polar surface area (TPSA) is 78.3 Å². The van der Waals surface area contributed by atoms with Gasteiger partial charge in [0.1, 0.15) is 19.2 Å². The van der Waals surface area contributed by atoms with E-state index in [0.29, 0.717) is 34.5 Å². The van der Waals surface area contributed by atoms with Crippen molar-refractivity contribution in [3.05, 3.63) is 70.7 Å². The van der Waals surface area contributed by atoms with E-state index in [1.54, 1.807) is 34.9 Å². The predicted octanol–water partition coefficient (Wildman–Crippen LogP) is 5.03. The van der Waals surface area contributed by atoms with Gasteiger partial charge >= 0.3 is 0 Å². The lowest BCUT2D eigenvalue weighted by atomic mass is 10.1. The number of amides is 1. The number of thioether (sulfide) groups is 1. The van der Waals surface area contributed by atoms with Gasteiger partial charge in [0, 0.05) is 33.8 Å². The molecule has 1 fully saturated rings. The van der Waals surface area contributed by atoms with Gasteiger partial charge in [0.25, 0.3) is 0 Å². The number of halogens is 3. The molecular formula is C21H21Cl3N4O3S. The number of ether oxygens (including phenoxy) is 2. The fourth-order valence-corrected chi connectivity index (χ4v) is 4.73. The minimum atomic E-state index is -1.09. The highest BCUT2D eigenvalue weighted by Gasteiger charge is 2.45. The van der Waals surface area contributed by atoms with Crippen molar-refractivity contribution in [2.45, 2.75) is 30.3 Å². The van der Waals surface area contributed by atoms with Crippen molar-refractivity contribution in [3.63, 3.8) is 0 Å². The first-order valence-corrected chi connectivity index (χ1v) is 11.3. The molecule has 2 unspecified atom stereocenters. The van der Waals surface area contributed by atoms with Gasteiger partial charge in [-0.2, -0.15) is 5.10 Å². The van der Waals surface area contributed by atoms with Crippen molar-refractivity contribution >= 4 is 59.0 Å². The summed E-state index contributed by atoms with van der Waals surface area (Å²) in [6.07, 6.45) is 2.91. The van der Waals surface area contributed by atoms with E-state index in [0.717, 1.165) is 10.6 Å². The average molecular weight is 516 g/mol. The largest absolute Gasteiger partial charge is 0.342 e. The second-order valence-corrected chi connectivity index (χ2v) is 8.97. The van der Waals surface area contributed by atoms with E-state index in [4.69, 9.17) is 32.7 Å². The average Bonchev–Trinajstić information content (AvgIpc) is 3.38. The molecule has 0 bridgehead atoms. The number of nitrogens with zero attached hydrogens (tertiary/aromatic N) is 3. The maximum atomic E-state index is 11.2. The second kappa shape index (κ2) is 10.9. The van der Waals surface area contributed by atoms with Gasteiger partial charge in [0.2, 0.25) is 11.7 Å². The van der Waals surface area contributed by atoms with E-state index in [1.807, 2.05) is 30.3 Å². The van der Waals surface area contributed by atoms with Crippen LogP contribution in [0.1, 0.15) is 12.5 Å². The summed E-state index contributed by atoms with van der Waals surface area (Å²) in [4.78, 5) is 16.2. The molecule has 2 aromatic carbocycles. The lowest BCUT2D eigenvalue weighted by Crippen LogP contribution is -2.34. The molecule has 1 amide bonds. The molecule has 0 radical (unpaired) electrons. The molecule has 0 aliphatic carbocycles. The number of hydrogen-bond acceptors (Lipinski definition) is 6. The number of benzene rings is 2. The number of nitrogens with one attached hydrogen (secondary N) is 1. The number of carbonyl (C=O) groups is 1. The smallest absolute Gasteiger partial charge is 0.221 e. The minimum Gasteiger partial charge on any atom is -0.342 e. The lowest BCUT2D eigenvalue weighted by Gasteiger charge is -2.29. The summed E-state index contributed by atoms with van der Waals surface area (Å²) in [5, 5.41) is 7.95. The molecule has 32 heavy (non-hydrogen) atoms. The van der Waals surface area contributed by atoms with Crippen LogP contribution in [0.4, 0.5) is 5.69 Å². The second-order valence-electron chi connectivity index (χ2n) is 7.04. The van der Waals surface area contributed by atoms with Gasteiger partial charge in [0.05, 0.1) is 17.7 Å². The summed E-state index contributed by atoms with van der Waals surface area (Å²) in [5.74, 6) is -0.499. The molecule has 0 saturated carbocycles. The first-order valence-electron chi connectivity index (χ1n) is 9.54. The SMILES string of the molecule is CC(=O)Nc1ccc(SCC2COC(Cn3cncn3)(c3ccc(Cl)cc3Cl)O2)cc1.Cl. The summed E-state index contributed by atoms with van der Waals surface area (Å²) in [7, 11) is 0. The molecule has 1 N–H and O–H groups in total. The Hall–Kier alpha value is -1.81. The van der Waals surface area contributed by atoms with E-state index < -0.39 is 5.79 Å². The predicted molar refractivity (Wildman–Crippen MR) is 128 cm³/mol. The van der Waals surface area contributed by atoms with E-state index in [-0.39, 0.29) is 24.4 Å². The van der Waals surface area contributed by atoms with Crippen molar-refractivity contribution in [2.24, 2.45) is 0 Å². The standard InChI is InChI=1S/C21H20Cl2N4O3S.ClH/c1-14(28)26-16-3-5-18(6-4-16)31-10-17-9-29-21(30-17,11-27-13-24-12-25-27)19-7-2-15(22)8-20(19)23;/h2-8,12-13,17H,9-11H2,1H3,(H,26,28);1H. The number of aromatic nitrogens is 3. The lowest BCUT2D eigenvalue weighted by molar-refractivity contribution is -0.186. The van der Waals surface area contributed by atoms with Crippen molar-refractivity contribution in [3.8, 4) is 0 Å². The van der Waals surface area contributed by atoms with E-state index in [9.17, 15) is 4.79 Å². The Morgan fingerprint density at radius 3 is 2.72 bits per heavy atom. The van der Waals surface area contributed by atoms with E-state index in [1.165, 1.54) is 13.3 Å². The van der Waals surface area contributed by atoms with E-state index >= 15 is 0 Å². The maximum Gasteiger partial charge on any atom is 0.221 e. The molecule has 11 heteroatoms. The summed E-state index contributed by atoms with van der Waals surface area (Å²) in [5.41, 5.74) is 1.46. The molecule has 4 rings (SSSR count). The van der Waals surface area contributed by atoms with Crippen LogP contribution in [0.25, 0.3) is 0 Å². The van der Waals surface area contributed by atoms with Gasteiger partial charge in [-0.05, 0) is 36.4 Å². The summed E-state index contributed by atoms with van der Waals surface area (Å²) in [6.45, 7) is 2.20. The number of hydrogen-bond donors (Lipinski definition) is 1. The Labute approximate surface area is 206 Å². The highest BCUT2D eigenvalue weighted by Crippen LogP contribution is 2.41. The van der Waals surface area contributed by atoms with Gasteiger partial charge in [-0.25, -0.2) is 9.67 Å². The molecule has 1 aliphatic rings. The Morgan fingerprint density at radius 2 is 2.06 bits per heavy atom. The quantitative estimate of drug-likeness (QED) is 0.445. The monoisotopic (exact) mass is 514 g/mol. The zero-order valence-electron chi connectivity index (χ0n) is 17.0. The van der Waals surface area contributed by atoms with Gasteiger partial charge in [0.15, 0.2) is 0 Å². The van der Waals surface area contributed by atoms with Crippen LogP contribution in [-0.2, 0) is 26.6 Å². The molecule has 170 valence electrons. The molecule has 1 aliphatic heterocycles. The van der Waals surface area contributed by atoms with E-state index in [2.05, 4.69) is 15.4 Å². The summed E-state index contributed by atoms with van der Waals surface area (Å²) in [6, 6.07) is 12.9. The maximum absolute atomic E-state index is 11.2. The molecule has 2 atom stereocenters. The third kappa shape index (κ3) is 5.95. The molecule has 7 nitrogen and oxygen atoms in total. The molecular weight excluding hydrogens is 495 g/mol. The zero-order valence-corrected chi connectivity index (χ0v) is 20.2. The minimum absolute atomic E-state index is 0. The van der Waals surface area contributed by atoms with Crippen molar-refractivity contribution in [1.82, 2.24) is 14.8 Å². The van der Waals surface area contributed by atoms with Crippen LogP contribution < -0.4 is 5.32 Å². The number of rotatable bonds is 7. The summed E-state index contributed by atoms with van der Waals surface area (Å²) < 4.78 is 14.3. The van der Waals surface area contributed by atoms with Crippen LogP contribution in [0.5, 0.6) is 0 Å². The molecule has 2 heterocycles. The van der Waals surface area contributed by atoms with Crippen LogP contribution in [0.15, 0.2) is 60.0 Å². The van der Waals surface area contributed by atoms with Crippen molar-refractivity contribution in [2.75, 3.05) is 17.7 Å². The summed E-state index contributed by atoms with van der Waals surface area (Å²) >= 11 is 14.2. The molecule has 0 spiro atoms. The van der Waals surface area contributed by atoms with Crippen molar-refractivity contribution < 1.29 is 14.3 Å². The molecule has 1 saturated heterocycles. The van der Waals surface area contributed by atoms with Crippen LogP contribution >= 0.6 is 47.4 Å². The Morgan fingerprint density at radius 1 is 1.28 bits per heavy atom. The Balaban J connectivity index is 0.00000289. The van der Waals surface area contributed by atoms with Gasteiger partial charge in [-0.15, -0.1) is 24.2 Å². The van der Waals surface area contributed by atoms with Gasteiger partial charge in [-0.3, -0.25) is 4.79 Å². The first kappa shape index (κ1) is 24.8. The third-order valence-corrected chi connectivity index (χ3v) is 6.34. The normalized spacial score (nSPS) is 20.0.